The normalized spacial score (nSPS) is 14.3. The smallest absolute Gasteiger partial charge is 0.234 e. The predicted octanol–water partition coefficient (Wildman–Crippen LogP) is 3.40. The van der Waals surface area contributed by atoms with Crippen molar-refractivity contribution in [1.29, 1.82) is 0 Å². The van der Waals surface area contributed by atoms with Gasteiger partial charge in [0.1, 0.15) is 5.01 Å². The molecule has 0 radical (unpaired) electrons. The van der Waals surface area contributed by atoms with E-state index in [1.165, 1.54) is 24.2 Å². The molecule has 0 aliphatic heterocycles. The number of aryl methyl sites for hydroxylation is 1. The van der Waals surface area contributed by atoms with Crippen molar-refractivity contribution < 1.29 is 4.79 Å². The van der Waals surface area contributed by atoms with E-state index in [2.05, 4.69) is 36.5 Å². The van der Waals surface area contributed by atoms with E-state index < -0.39 is 0 Å². The summed E-state index contributed by atoms with van der Waals surface area (Å²) in [6, 6.07) is 7.57. The van der Waals surface area contributed by atoms with Crippen molar-refractivity contribution in [3.8, 4) is 0 Å². The number of nitrogens with zero attached hydrogens (tertiary/aromatic N) is 4. The van der Waals surface area contributed by atoms with Crippen LogP contribution in [-0.4, -0.2) is 25.7 Å². The fraction of sp³-hybridized carbons (Fsp3) is 0.333. The second kappa shape index (κ2) is 6.01. The molecule has 1 saturated carbocycles. The molecule has 6 nitrogen and oxygen atoms in total. The minimum Gasteiger partial charge on any atom is -0.325 e. The highest BCUT2D eigenvalue weighted by Gasteiger charge is 2.30. The number of aromatic nitrogens is 4. The Kier molecular flexibility index (Phi) is 3.86. The zero-order valence-corrected chi connectivity index (χ0v) is 14.6. The van der Waals surface area contributed by atoms with Crippen molar-refractivity contribution in [3.05, 3.63) is 39.6 Å². The maximum Gasteiger partial charge on any atom is 0.234 e. The van der Waals surface area contributed by atoms with Crippen molar-refractivity contribution >= 4 is 43.8 Å². The highest BCUT2D eigenvalue weighted by atomic mass is 79.9. The SMILES string of the molecule is O=C(CCc1nn2c(C3CC3)nnc2s1)Nc1ccccc1Br. The number of amides is 1. The standard InChI is InChI=1S/C15H14BrN5OS/c16-10-3-1-2-4-11(10)17-12(22)7-8-13-20-21-14(9-5-6-9)18-19-15(21)23-13/h1-4,9H,5-8H2,(H,17,22). The van der Waals surface area contributed by atoms with Crippen LogP contribution in [0.25, 0.3) is 4.96 Å². The van der Waals surface area contributed by atoms with Crippen LogP contribution < -0.4 is 5.32 Å². The molecular weight excluding hydrogens is 378 g/mol. The van der Waals surface area contributed by atoms with Gasteiger partial charge in [0.25, 0.3) is 0 Å². The third-order valence-electron chi connectivity index (χ3n) is 3.71. The number of carbonyl (C=O) groups is 1. The first-order valence-electron chi connectivity index (χ1n) is 7.46. The molecule has 1 aliphatic carbocycles. The van der Waals surface area contributed by atoms with Crippen molar-refractivity contribution in [2.75, 3.05) is 5.32 Å². The van der Waals surface area contributed by atoms with Gasteiger partial charge in [0, 0.05) is 23.2 Å². The van der Waals surface area contributed by atoms with Gasteiger partial charge in [-0.25, -0.2) is 0 Å². The van der Waals surface area contributed by atoms with Crippen LogP contribution >= 0.6 is 27.3 Å². The zero-order valence-electron chi connectivity index (χ0n) is 12.2. The number of halogens is 1. The number of benzene rings is 1. The summed E-state index contributed by atoms with van der Waals surface area (Å²) in [5.41, 5.74) is 0.784. The highest BCUT2D eigenvalue weighted by Crippen LogP contribution is 2.39. The van der Waals surface area contributed by atoms with Gasteiger partial charge in [0.05, 0.1) is 5.69 Å². The first-order chi connectivity index (χ1) is 11.2. The number of anilines is 1. The Hall–Kier alpha value is -1.80. The number of nitrogens with one attached hydrogen (secondary N) is 1. The van der Waals surface area contributed by atoms with Crippen molar-refractivity contribution in [3.63, 3.8) is 0 Å². The maximum atomic E-state index is 12.1. The summed E-state index contributed by atoms with van der Waals surface area (Å²) >= 11 is 4.93. The summed E-state index contributed by atoms with van der Waals surface area (Å²) in [4.78, 5) is 12.9. The molecule has 3 aromatic rings. The van der Waals surface area contributed by atoms with Crippen molar-refractivity contribution in [2.24, 2.45) is 0 Å². The van der Waals surface area contributed by atoms with Gasteiger partial charge in [-0.15, -0.1) is 10.2 Å². The Bertz CT molecular complexity index is 870. The van der Waals surface area contributed by atoms with E-state index in [4.69, 9.17) is 0 Å². The van der Waals surface area contributed by atoms with E-state index in [-0.39, 0.29) is 5.91 Å². The summed E-state index contributed by atoms with van der Waals surface area (Å²) in [6.45, 7) is 0. The average molecular weight is 392 g/mol. The van der Waals surface area contributed by atoms with Crippen LogP contribution in [0.4, 0.5) is 5.69 Å². The van der Waals surface area contributed by atoms with Gasteiger partial charge in [-0.2, -0.15) is 9.61 Å². The van der Waals surface area contributed by atoms with Gasteiger partial charge in [0.2, 0.25) is 10.9 Å². The molecule has 4 rings (SSSR count). The van der Waals surface area contributed by atoms with Gasteiger partial charge < -0.3 is 5.32 Å². The van der Waals surface area contributed by atoms with Crippen LogP contribution in [0.5, 0.6) is 0 Å². The maximum absolute atomic E-state index is 12.1. The number of para-hydroxylation sites is 1. The van der Waals surface area contributed by atoms with Crippen LogP contribution in [0, 0.1) is 0 Å². The first kappa shape index (κ1) is 14.8. The predicted molar refractivity (Wildman–Crippen MR) is 91.7 cm³/mol. The van der Waals surface area contributed by atoms with E-state index in [1.807, 2.05) is 28.8 Å². The Balaban J connectivity index is 1.40. The van der Waals surface area contributed by atoms with Crippen LogP contribution in [-0.2, 0) is 11.2 Å². The molecule has 0 spiro atoms. The Labute approximate surface area is 145 Å². The first-order valence-corrected chi connectivity index (χ1v) is 9.07. The average Bonchev–Trinajstić information content (AvgIpc) is 3.17. The number of hydrogen-bond donors (Lipinski definition) is 1. The van der Waals surface area contributed by atoms with Crippen LogP contribution in [0.15, 0.2) is 28.7 Å². The lowest BCUT2D eigenvalue weighted by molar-refractivity contribution is -0.116. The molecule has 0 unspecified atom stereocenters. The summed E-state index contributed by atoms with van der Waals surface area (Å²) in [6.07, 6.45) is 3.34. The molecule has 8 heteroatoms. The van der Waals surface area contributed by atoms with Crippen LogP contribution in [0.2, 0.25) is 0 Å². The molecule has 1 aromatic carbocycles. The second-order valence-electron chi connectivity index (χ2n) is 5.55. The lowest BCUT2D eigenvalue weighted by Gasteiger charge is -2.06. The quantitative estimate of drug-likeness (QED) is 0.723. The van der Waals surface area contributed by atoms with E-state index >= 15 is 0 Å². The lowest BCUT2D eigenvalue weighted by Crippen LogP contribution is -2.12. The van der Waals surface area contributed by atoms with Crippen molar-refractivity contribution in [1.82, 2.24) is 19.8 Å². The minimum absolute atomic E-state index is 0.0229. The zero-order chi connectivity index (χ0) is 15.8. The summed E-state index contributed by atoms with van der Waals surface area (Å²) < 4.78 is 2.71. The van der Waals surface area contributed by atoms with E-state index in [1.54, 1.807) is 0 Å². The molecular formula is C15H14BrN5OS. The molecule has 23 heavy (non-hydrogen) atoms. The summed E-state index contributed by atoms with van der Waals surface area (Å²) in [5.74, 6) is 1.45. The van der Waals surface area contributed by atoms with Gasteiger partial charge in [-0.05, 0) is 40.9 Å². The third-order valence-corrected chi connectivity index (χ3v) is 5.36. The molecule has 0 atom stereocenters. The molecule has 118 valence electrons. The van der Waals surface area contributed by atoms with Gasteiger partial charge in [-0.3, -0.25) is 4.79 Å². The molecule has 0 bridgehead atoms. The topological polar surface area (TPSA) is 72.2 Å². The van der Waals surface area contributed by atoms with Gasteiger partial charge in [-0.1, -0.05) is 23.5 Å². The Morgan fingerprint density at radius 1 is 1.35 bits per heavy atom. The lowest BCUT2D eigenvalue weighted by atomic mass is 10.2. The molecule has 1 aliphatic rings. The molecule has 1 amide bonds. The fourth-order valence-electron chi connectivity index (χ4n) is 2.36. The molecule has 0 saturated heterocycles. The molecule has 2 aromatic heterocycles. The minimum atomic E-state index is -0.0229. The molecule has 2 heterocycles. The Morgan fingerprint density at radius 3 is 2.96 bits per heavy atom. The Morgan fingerprint density at radius 2 is 2.17 bits per heavy atom. The fourth-order valence-corrected chi connectivity index (χ4v) is 3.59. The third kappa shape index (κ3) is 3.13. The van der Waals surface area contributed by atoms with E-state index in [9.17, 15) is 4.79 Å². The van der Waals surface area contributed by atoms with Crippen LogP contribution in [0.1, 0.15) is 36.0 Å². The highest BCUT2D eigenvalue weighted by molar-refractivity contribution is 9.10. The van der Waals surface area contributed by atoms with Crippen LogP contribution in [0.3, 0.4) is 0 Å². The second-order valence-corrected chi connectivity index (χ2v) is 7.45. The monoisotopic (exact) mass is 391 g/mol. The van der Waals surface area contributed by atoms with Crippen molar-refractivity contribution in [2.45, 2.75) is 31.6 Å². The summed E-state index contributed by atoms with van der Waals surface area (Å²) in [5, 5.41) is 16.7. The molecule has 1 N–H and O–H groups in total. The van der Waals surface area contributed by atoms with E-state index in [0.717, 1.165) is 26.0 Å². The number of hydrogen-bond acceptors (Lipinski definition) is 5. The number of fused-ring (bicyclic) bond motifs is 1. The number of carbonyl (C=O) groups excluding carboxylic acids is 1. The largest absolute Gasteiger partial charge is 0.325 e. The van der Waals surface area contributed by atoms with Gasteiger partial charge >= 0.3 is 0 Å². The summed E-state index contributed by atoms with van der Waals surface area (Å²) in [7, 11) is 0. The number of rotatable bonds is 5. The van der Waals surface area contributed by atoms with Gasteiger partial charge in [0.15, 0.2) is 5.82 Å². The molecule has 1 fully saturated rings. The van der Waals surface area contributed by atoms with E-state index in [0.29, 0.717) is 18.8 Å².